The summed E-state index contributed by atoms with van der Waals surface area (Å²) in [5, 5.41) is 12.1. The third kappa shape index (κ3) is 3.42. The number of hydrogen-bond acceptors (Lipinski definition) is 4. The van der Waals surface area contributed by atoms with E-state index in [4.69, 9.17) is 9.84 Å². The fourth-order valence-electron chi connectivity index (χ4n) is 1.87. The van der Waals surface area contributed by atoms with Gasteiger partial charge in [0, 0.05) is 12.3 Å². The second-order valence-electron chi connectivity index (χ2n) is 4.19. The number of carboxylic acid groups (broad SMARTS) is 1. The Bertz CT molecular complexity index is 389. The molecule has 1 aliphatic rings. The van der Waals surface area contributed by atoms with Gasteiger partial charge in [-0.2, -0.15) is 0 Å². The minimum absolute atomic E-state index is 0.209. The number of nitrogens with zero attached hydrogens (tertiary/aromatic N) is 1. The highest BCUT2D eigenvalue weighted by molar-refractivity contribution is 5.87. The van der Waals surface area contributed by atoms with E-state index in [0.29, 0.717) is 18.4 Å². The number of carboxylic acids is 1. The van der Waals surface area contributed by atoms with E-state index in [1.54, 1.807) is 0 Å². The molecule has 1 aliphatic heterocycles. The Balaban J connectivity index is 1.89. The molecule has 0 saturated carbocycles. The summed E-state index contributed by atoms with van der Waals surface area (Å²) < 4.78 is 5.53. The summed E-state index contributed by atoms with van der Waals surface area (Å²) >= 11 is 0. The quantitative estimate of drug-likeness (QED) is 0.820. The van der Waals surface area contributed by atoms with Gasteiger partial charge in [0.25, 0.3) is 0 Å². The normalized spacial score (nSPS) is 16.7. The molecule has 0 spiro atoms. The van der Waals surface area contributed by atoms with E-state index in [9.17, 15) is 4.79 Å². The van der Waals surface area contributed by atoms with E-state index < -0.39 is 5.97 Å². The van der Waals surface area contributed by atoms with E-state index in [1.165, 1.54) is 18.3 Å². The van der Waals surface area contributed by atoms with E-state index in [2.05, 4.69) is 10.3 Å². The maximum atomic E-state index is 10.8. The molecule has 17 heavy (non-hydrogen) atoms. The van der Waals surface area contributed by atoms with Crippen LogP contribution in [-0.4, -0.2) is 35.8 Å². The lowest BCUT2D eigenvalue weighted by molar-refractivity contribution is 0.0696. The van der Waals surface area contributed by atoms with Gasteiger partial charge in [0.2, 0.25) is 5.88 Å². The van der Waals surface area contributed by atoms with Crippen molar-refractivity contribution in [2.24, 2.45) is 5.92 Å². The first-order valence-corrected chi connectivity index (χ1v) is 5.78. The predicted molar refractivity (Wildman–Crippen MR) is 62.3 cm³/mol. The predicted octanol–water partition coefficient (Wildman–Crippen LogP) is 1.16. The molecule has 0 aromatic carbocycles. The summed E-state index contributed by atoms with van der Waals surface area (Å²) in [5.74, 6) is -0.0333. The lowest BCUT2D eigenvalue weighted by atomic mass is 9.99. The van der Waals surface area contributed by atoms with Crippen LogP contribution in [0.15, 0.2) is 18.3 Å². The van der Waals surface area contributed by atoms with Crippen LogP contribution in [0.4, 0.5) is 0 Å². The molecule has 5 heteroatoms. The summed E-state index contributed by atoms with van der Waals surface area (Å²) in [7, 11) is 0. The molecule has 0 atom stereocenters. The average Bonchev–Trinajstić information content (AvgIpc) is 2.38. The number of hydrogen-bond donors (Lipinski definition) is 2. The first-order valence-electron chi connectivity index (χ1n) is 5.78. The largest absolute Gasteiger partial charge is 0.478 e. The summed E-state index contributed by atoms with van der Waals surface area (Å²) in [5.41, 5.74) is 0.209. The number of aromatic nitrogens is 1. The number of pyridine rings is 1. The maximum Gasteiger partial charge on any atom is 0.335 e. The Morgan fingerprint density at radius 3 is 3.00 bits per heavy atom. The molecule has 2 heterocycles. The molecule has 0 bridgehead atoms. The lowest BCUT2D eigenvalue weighted by Gasteiger charge is -2.22. The third-order valence-electron chi connectivity index (χ3n) is 2.91. The first-order chi connectivity index (χ1) is 8.25. The monoisotopic (exact) mass is 236 g/mol. The molecule has 0 amide bonds. The van der Waals surface area contributed by atoms with Crippen molar-refractivity contribution < 1.29 is 14.6 Å². The third-order valence-corrected chi connectivity index (χ3v) is 2.91. The minimum atomic E-state index is -0.959. The average molecular weight is 236 g/mol. The number of piperidine rings is 1. The molecule has 2 rings (SSSR count). The Labute approximate surface area is 99.8 Å². The van der Waals surface area contributed by atoms with Crippen LogP contribution in [0.25, 0.3) is 0 Å². The molecule has 0 unspecified atom stereocenters. The van der Waals surface area contributed by atoms with Crippen molar-refractivity contribution in [3.63, 3.8) is 0 Å². The van der Waals surface area contributed by atoms with Crippen molar-refractivity contribution in [1.29, 1.82) is 0 Å². The smallest absolute Gasteiger partial charge is 0.335 e. The van der Waals surface area contributed by atoms with Crippen molar-refractivity contribution in [1.82, 2.24) is 10.3 Å². The SMILES string of the molecule is O=C(O)c1ccnc(OCC2CCNCC2)c1. The van der Waals surface area contributed by atoms with Gasteiger partial charge in [-0.05, 0) is 37.9 Å². The molecule has 5 nitrogen and oxygen atoms in total. The minimum Gasteiger partial charge on any atom is -0.478 e. The Morgan fingerprint density at radius 2 is 2.29 bits per heavy atom. The van der Waals surface area contributed by atoms with Gasteiger partial charge in [-0.1, -0.05) is 0 Å². The molecular weight excluding hydrogens is 220 g/mol. The van der Waals surface area contributed by atoms with Crippen LogP contribution >= 0.6 is 0 Å². The highest BCUT2D eigenvalue weighted by Gasteiger charge is 2.14. The van der Waals surface area contributed by atoms with Gasteiger partial charge < -0.3 is 15.2 Å². The Hall–Kier alpha value is -1.62. The van der Waals surface area contributed by atoms with Gasteiger partial charge in [-0.3, -0.25) is 0 Å². The Kier molecular flexibility index (Phi) is 3.93. The summed E-state index contributed by atoms with van der Waals surface area (Å²) in [6, 6.07) is 2.92. The highest BCUT2D eigenvalue weighted by Crippen LogP contribution is 2.15. The standard InChI is InChI=1S/C12H16N2O3/c15-12(16)10-3-6-14-11(7-10)17-8-9-1-4-13-5-2-9/h3,6-7,9,13H,1-2,4-5,8H2,(H,15,16). The second-order valence-corrected chi connectivity index (χ2v) is 4.19. The fourth-order valence-corrected chi connectivity index (χ4v) is 1.87. The van der Waals surface area contributed by atoms with Gasteiger partial charge in [-0.15, -0.1) is 0 Å². The zero-order valence-electron chi connectivity index (χ0n) is 9.56. The first kappa shape index (κ1) is 11.9. The van der Waals surface area contributed by atoms with Crippen LogP contribution in [0.1, 0.15) is 23.2 Å². The highest BCUT2D eigenvalue weighted by atomic mass is 16.5. The molecule has 92 valence electrons. The molecule has 0 radical (unpaired) electrons. The molecule has 1 fully saturated rings. The van der Waals surface area contributed by atoms with Crippen LogP contribution in [0.2, 0.25) is 0 Å². The number of carbonyl (C=O) groups is 1. The van der Waals surface area contributed by atoms with E-state index >= 15 is 0 Å². The molecule has 1 aromatic heterocycles. The zero-order chi connectivity index (χ0) is 12.1. The summed E-state index contributed by atoms with van der Waals surface area (Å²) in [6.45, 7) is 2.66. The lowest BCUT2D eigenvalue weighted by Crippen LogP contribution is -2.30. The molecular formula is C12H16N2O3. The fraction of sp³-hybridized carbons (Fsp3) is 0.500. The van der Waals surface area contributed by atoms with Gasteiger partial charge in [0.1, 0.15) is 0 Å². The molecule has 0 aliphatic carbocycles. The van der Waals surface area contributed by atoms with Crippen molar-refractivity contribution >= 4 is 5.97 Å². The zero-order valence-corrected chi connectivity index (χ0v) is 9.56. The Morgan fingerprint density at radius 1 is 1.53 bits per heavy atom. The molecule has 2 N–H and O–H groups in total. The van der Waals surface area contributed by atoms with Crippen molar-refractivity contribution in [3.8, 4) is 5.88 Å². The van der Waals surface area contributed by atoms with Crippen LogP contribution in [-0.2, 0) is 0 Å². The second kappa shape index (κ2) is 5.63. The topological polar surface area (TPSA) is 71.5 Å². The number of aromatic carboxylic acids is 1. The number of ether oxygens (including phenoxy) is 1. The van der Waals surface area contributed by atoms with Crippen LogP contribution in [0.3, 0.4) is 0 Å². The number of rotatable bonds is 4. The van der Waals surface area contributed by atoms with Crippen LogP contribution < -0.4 is 10.1 Å². The van der Waals surface area contributed by atoms with E-state index in [-0.39, 0.29) is 5.56 Å². The van der Waals surface area contributed by atoms with Crippen LogP contribution in [0, 0.1) is 5.92 Å². The van der Waals surface area contributed by atoms with E-state index in [0.717, 1.165) is 25.9 Å². The van der Waals surface area contributed by atoms with Crippen molar-refractivity contribution in [3.05, 3.63) is 23.9 Å². The van der Waals surface area contributed by atoms with Crippen molar-refractivity contribution in [2.75, 3.05) is 19.7 Å². The number of nitrogens with one attached hydrogen (secondary N) is 1. The van der Waals surface area contributed by atoms with Crippen LogP contribution in [0.5, 0.6) is 5.88 Å². The van der Waals surface area contributed by atoms with Gasteiger partial charge >= 0.3 is 5.97 Å². The van der Waals surface area contributed by atoms with Gasteiger partial charge in [0.05, 0.1) is 12.2 Å². The summed E-state index contributed by atoms with van der Waals surface area (Å²) in [6.07, 6.45) is 3.65. The maximum absolute atomic E-state index is 10.8. The molecule has 1 saturated heterocycles. The molecule has 1 aromatic rings. The van der Waals surface area contributed by atoms with E-state index in [1.807, 2.05) is 0 Å². The van der Waals surface area contributed by atoms with Gasteiger partial charge in [0.15, 0.2) is 0 Å². The van der Waals surface area contributed by atoms with Gasteiger partial charge in [-0.25, -0.2) is 9.78 Å². The van der Waals surface area contributed by atoms with Crippen molar-refractivity contribution in [2.45, 2.75) is 12.8 Å². The summed E-state index contributed by atoms with van der Waals surface area (Å²) in [4.78, 5) is 14.8.